The van der Waals surface area contributed by atoms with Crippen molar-refractivity contribution in [2.75, 3.05) is 25.0 Å². The number of halogens is 3. The van der Waals surface area contributed by atoms with Crippen LogP contribution in [0.4, 0.5) is 0 Å². The van der Waals surface area contributed by atoms with Gasteiger partial charge in [-0.05, 0) is 50.3 Å². The van der Waals surface area contributed by atoms with Crippen molar-refractivity contribution in [1.82, 2.24) is 0 Å². The number of aryl methyl sites for hydroxylation is 1. The van der Waals surface area contributed by atoms with E-state index in [2.05, 4.69) is 0 Å². The Morgan fingerprint density at radius 1 is 1.04 bits per heavy atom. The minimum Gasteiger partial charge on any atom is -0.421 e. The largest absolute Gasteiger partial charge is 0.530 e. The lowest BCUT2D eigenvalue weighted by Gasteiger charge is -2.19. The Balaban J connectivity index is 2.20. The number of alkyl halides is 2. The fourth-order valence-corrected chi connectivity index (χ4v) is 4.11. The molecular weight excluding hydrogens is 450 g/mol. The van der Waals surface area contributed by atoms with E-state index in [4.69, 9.17) is 52.8 Å². The predicted molar refractivity (Wildman–Crippen MR) is 112 cm³/mol. The van der Waals surface area contributed by atoms with Gasteiger partial charge in [0.15, 0.2) is 0 Å². The molecule has 0 spiro atoms. The van der Waals surface area contributed by atoms with Crippen molar-refractivity contribution < 1.29 is 22.6 Å². The number of hydrogen-bond acceptors (Lipinski definition) is 6. The lowest BCUT2D eigenvalue weighted by Crippen LogP contribution is -2.06. The molecule has 0 unspecified atom stereocenters. The molecule has 0 bridgehead atoms. The Morgan fingerprint density at radius 3 is 2.21 bits per heavy atom. The van der Waals surface area contributed by atoms with Gasteiger partial charge in [0, 0.05) is 23.2 Å². The van der Waals surface area contributed by atoms with Crippen molar-refractivity contribution in [2.24, 2.45) is 0 Å². The Labute approximate surface area is 178 Å². The second kappa shape index (κ2) is 11.4. The quantitative estimate of drug-likeness (QED) is 0.156. The van der Waals surface area contributed by atoms with Crippen LogP contribution in [0.5, 0.6) is 5.75 Å². The van der Waals surface area contributed by atoms with Crippen molar-refractivity contribution in [2.45, 2.75) is 32.6 Å². The predicted octanol–water partition coefficient (Wildman–Crippen LogP) is 6.31. The molecule has 156 valence electrons. The smallest absolute Gasteiger partial charge is 0.421 e. The summed E-state index contributed by atoms with van der Waals surface area (Å²) in [5.74, 6) is 1.16. The van der Waals surface area contributed by atoms with Gasteiger partial charge in [0.05, 0.1) is 13.2 Å². The van der Waals surface area contributed by atoms with E-state index in [1.54, 1.807) is 19.1 Å². The average Bonchev–Trinajstić information content (AvgIpc) is 2.67. The van der Waals surface area contributed by atoms with Crippen LogP contribution in [-0.4, -0.2) is 25.0 Å². The molecule has 28 heavy (non-hydrogen) atoms. The van der Waals surface area contributed by atoms with E-state index in [-0.39, 0.29) is 29.6 Å². The Hall–Kier alpha value is -0.750. The van der Waals surface area contributed by atoms with Gasteiger partial charge in [0.2, 0.25) is 0 Å². The number of rotatable bonds is 12. The first-order chi connectivity index (χ1) is 13.4. The first-order valence-electron chi connectivity index (χ1n) is 8.84. The summed E-state index contributed by atoms with van der Waals surface area (Å²) in [6.45, 7) is 2.07. The van der Waals surface area contributed by atoms with Crippen LogP contribution in [0.3, 0.4) is 0 Å². The molecule has 0 saturated heterocycles. The van der Waals surface area contributed by atoms with Crippen LogP contribution >= 0.6 is 42.6 Å². The zero-order valence-electron chi connectivity index (χ0n) is 15.4. The summed E-state index contributed by atoms with van der Waals surface area (Å²) in [4.78, 5) is 11.8. The molecule has 1 aromatic heterocycles. The van der Waals surface area contributed by atoms with Gasteiger partial charge in [-0.15, -0.1) is 23.2 Å². The van der Waals surface area contributed by atoms with E-state index in [9.17, 15) is 9.36 Å². The third-order valence-corrected chi connectivity index (χ3v) is 6.24. The van der Waals surface area contributed by atoms with Crippen LogP contribution < -0.4 is 10.1 Å². The van der Waals surface area contributed by atoms with Crippen molar-refractivity contribution >= 4 is 53.6 Å². The minimum atomic E-state index is -3.86. The molecular formula is C18H22Cl3O6P. The zero-order valence-corrected chi connectivity index (χ0v) is 18.6. The molecule has 0 fully saturated rings. The van der Waals surface area contributed by atoms with Crippen LogP contribution in [0, 0.1) is 6.92 Å². The summed E-state index contributed by atoms with van der Waals surface area (Å²) < 4.78 is 34.5. The van der Waals surface area contributed by atoms with Crippen LogP contribution in [-0.2, 0) is 13.6 Å². The van der Waals surface area contributed by atoms with E-state index in [1.165, 1.54) is 6.07 Å². The molecule has 0 N–H and O–H groups in total. The third kappa shape index (κ3) is 6.65. The minimum absolute atomic E-state index is 0.0251. The number of phosphoric acid groups is 1. The molecule has 6 nitrogen and oxygen atoms in total. The van der Waals surface area contributed by atoms with Gasteiger partial charge in [-0.25, -0.2) is 9.36 Å². The van der Waals surface area contributed by atoms with Crippen LogP contribution in [0.2, 0.25) is 5.02 Å². The fourth-order valence-electron chi connectivity index (χ4n) is 2.33. The molecule has 0 radical (unpaired) electrons. The van der Waals surface area contributed by atoms with Crippen molar-refractivity contribution in [1.29, 1.82) is 0 Å². The summed E-state index contributed by atoms with van der Waals surface area (Å²) in [5.41, 5.74) is 0.208. The molecule has 0 amide bonds. The maximum absolute atomic E-state index is 13.0. The van der Waals surface area contributed by atoms with Crippen molar-refractivity contribution in [3.8, 4) is 5.75 Å². The number of fused-ring (bicyclic) bond motifs is 1. The molecule has 1 heterocycles. The molecule has 0 saturated carbocycles. The van der Waals surface area contributed by atoms with Gasteiger partial charge >= 0.3 is 13.4 Å². The number of hydrogen-bond donors (Lipinski definition) is 0. The van der Waals surface area contributed by atoms with E-state index >= 15 is 0 Å². The maximum Gasteiger partial charge on any atom is 0.530 e. The summed E-state index contributed by atoms with van der Waals surface area (Å²) in [6, 6.07) is 4.71. The molecule has 0 atom stereocenters. The number of unbranched alkanes of at least 4 members (excludes halogenated alkanes) is 2. The second-order valence-corrected chi connectivity index (χ2v) is 8.71. The second-order valence-electron chi connectivity index (χ2n) is 5.98. The summed E-state index contributed by atoms with van der Waals surface area (Å²) in [6.07, 6.45) is 2.67. The van der Waals surface area contributed by atoms with Crippen LogP contribution in [0.1, 0.15) is 31.2 Å². The van der Waals surface area contributed by atoms with E-state index in [0.717, 1.165) is 12.8 Å². The van der Waals surface area contributed by atoms with Gasteiger partial charge in [0.1, 0.15) is 16.4 Å². The van der Waals surface area contributed by atoms with Crippen molar-refractivity contribution in [3.63, 3.8) is 0 Å². The van der Waals surface area contributed by atoms with Gasteiger partial charge in [-0.2, -0.15) is 0 Å². The van der Waals surface area contributed by atoms with Gasteiger partial charge in [-0.1, -0.05) is 11.6 Å². The SMILES string of the molecule is Cc1c(Cl)c(=O)oc2cc(OP(=O)(OCCCCCl)OCCCCCl)ccc12. The Bertz CT molecular complexity index is 869. The highest BCUT2D eigenvalue weighted by Crippen LogP contribution is 2.50. The van der Waals surface area contributed by atoms with Gasteiger partial charge in [-0.3, -0.25) is 9.05 Å². The maximum atomic E-state index is 13.0. The van der Waals surface area contributed by atoms with E-state index in [0.29, 0.717) is 35.6 Å². The monoisotopic (exact) mass is 470 g/mol. The molecule has 2 aromatic rings. The summed E-state index contributed by atoms with van der Waals surface area (Å²) in [7, 11) is -3.86. The van der Waals surface area contributed by atoms with Crippen molar-refractivity contribution in [3.05, 3.63) is 39.2 Å². The van der Waals surface area contributed by atoms with Gasteiger partial charge in [0.25, 0.3) is 0 Å². The highest BCUT2D eigenvalue weighted by atomic mass is 35.5. The highest BCUT2D eigenvalue weighted by Gasteiger charge is 2.28. The normalized spacial score (nSPS) is 11.9. The molecule has 0 aliphatic rings. The molecule has 10 heteroatoms. The first-order valence-corrected chi connectivity index (χ1v) is 11.7. The van der Waals surface area contributed by atoms with Gasteiger partial charge < -0.3 is 8.94 Å². The summed E-state index contributed by atoms with van der Waals surface area (Å²) >= 11 is 17.2. The topological polar surface area (TPSA) is 75.0 Å². The lowest BCUT2D eigenvalue weighted by molar-refractivity contribution is 0.152. The van der Waals surface area contributed by atoms with Crippen LogP contribution in [0.15, 0.2) is 27.4 Å². The molecule has 0 aliphatic heterocycles. The third-order valence-electron chi connectivity index (χ3n) is 3.84. The Morgan fingerprint density at radius 2 is 1.64 bits per heavy atom. The molecule has 0 aliphatic carbocycles. The summed E-state index contributed by atoms with van der Waals surface area (Å²) in [5, 5.41) is 0.676. The molecule has 1 aromatic carbocycles. The Kier molecular flexibility index (Phi) is 9.61. The number of phosphoric ester groups is 1. The lowest BCUT2D eigenvalue weighted by atomic mass is 10.1. The standard InChI is InChI=1S/C18H22Cl3O6P/c1-13-15-7-6-14(12-16(15)26-18(22)17(13)21)27-28(23,24-10-4-2-8-19)25-11-5-3-9-20/h6-7,12H,2-5,8-11H2,1H3. The van der Waals surface area contributed by atoms with E-state index in [1.807, 2.05) is 0 Å². The number of benzene rings is 1. The highest BCUT2D eigenvalue weighted by molar-refractivity contribution is 7.48. The average molecular weight is 472 g/mol. The van der Waals surface area contributed by atoms with E-state index < -0.39 is 13.4 Å². The zero-order chi connectivity index (χ0) is 20.6. The van der Waals surface area contributed by atoms with Crippen LogP contribution in [0.25, 0.3) is 11.0 Å². The first kappa shape index (κ1) is 23.5. The fraction of sp³-hybridized carbons (Fsp3) is 0.500. The molecule has 2 rings (SSSR count).